The van der Waals surface area contributed by atoms with Crippen LogP contribution in [0, 0.1) is 11.6 Å². The van der Waals surface area contributed by atoms with E-state index in [1.54, 1.807) is 4.57 Å². The van der Waals surface area contributed by atoms with Crippen molar-refractivity contribution in [2.45, 2.75) is 52.8 Å². The minimum Gasteiger partial charge on any atom is -0.454 e. The zero-order valence-corrected chi connectivity index (χ0v) is 17.9. The highest BCUT2D eigenvalue weighted by molar-refractivity contribution is 5.87. The molecule has 3 rings (SSSR count). The molecule has 0 bridgehead atoms. The Morgan fingerprint density at radius 3 is 2.50 bits per heavy atom. The van der Waals surface area contributed by atoms with Crippen LogP contribution in [-0.4, -0.2) is 25.1 Å². The van der Waals surface area contributed by atoms with Crippen LogP contribution in [0.4, 0.5) is 8.78 Å². The van der Waals surface area contributed by atoms with Gasteiger partial charge in [0.15, 0.2) is 11.2 Å². The summed E-state index contributed by atoms with van der Waals surface area (Å²) >= 11 is 0. The summed E-state index contributed by atoms with van der Waals surface area (Å²) in [4.78, 5) is 43.6. The number of carbonyl (C=O) groups is 1. The van der Waals surface area contributed by atoms with Gasteiger partial charge in [-0.05, 0) is 31.1 Å². The monoisotopic (exact) mass is 446 g/mol. The molecule has 2 heterocycles. The van der Waals surface area contributed by atoms with Crippen LogP contribution in [0.25, 0.3) is 17.2 Å². The Morgan fingerprint density at radius 2 is 1.84 bits per heavy atom. The smallest absolute Gasteiger partial charge is 0.331 e. The van der Waals surface area contributed by atoms with Crippen LogP contribution in [0.5, 0.6) is 0 Å². The molecule has 0 aliphatic rings. The molecule has 0 saturated carbocycles. The van der Waals surface area contributed by atoms with Crippen LogP contribution in [0.2, 0.25) is 0 Å². The lowest BCUT2D eigenvalue weighted by Gasteiger charge is -2.08. The number of aromatic nitrogens is 4. The van der Waals surface area contributed by atoms with E-state index < -0.39 is 28.9 Å². The second-order valence-electron chi connectivity index (χ2n) is 7.19. The van der Waals surface area contributed by atoms with E-state index in [1.165, 1.54) is 10.6 Å². The Balaban J connectivity index is 1.89. The normalized spacial score (nSPS) is 11.5. The number of rotatable bonds is 9. The predicted octanol–water partition coefficient (Wildman–Crippen LogP) is 3.13. The molecular formula is C22H24F2N4O4. The summed E-state index contributed by atoms with van der Waals surface area (Å²) < 4.78 is 35.6. The number of nitrogens with zero attached hydrogens (tertiary/aromatic N) is 3. The lowest BCUT2D eigenvalue weighted by Crippen LogP contribution is -2.31. The molecule has 0 fully saturated rings. The molecule has 0 spiro atoms. The largest absolute Gasteiger partial charge is 0.454 e. The topological polar surface area (TPSA) is 99.0 Å². The molecule has 32 heavy (non-hydrogen) atoms. The van der Waals surface area contributed by atoms with Gasteiger partial charge in [-0.15, -0.1) is 0 Å². The minimum atomic E-state index is -0.833. The van der Waals surface area contributed by atoms with Gasteiger partial charge >= 0.3 is 11.7 Å². The van der Waals surface area contributed by atoms with E-state index >= 15 is 0 Å². The van der Waals surface area contributed by atoms with Gasteiger partial charge < -0.3 is 9.30 Å². The summed E-state index contributed by atoms with van der Waals surface area (Å²) in [7, 11) is 0. The van der Waals surface area contributed by atoms with Crippen molar-refractivity contribution in [2.75, 3.05) is 0 Å². The fraction of sp³-hybridized carbons (Fsp3) is 0.364. The molecule has 170 valence electrons. The van der Waals surface area contributed by atoms with Crippen molar-refractivity contribution in [1.82, 2.24) is 19.1 Å². The first-order valence-corrected chi connectivity index (χ1v) is 10.4. The highest BCUT2D eigenvalue weighted by Gasteiger charge is 2.19. The second-order valence-corrected chi connectivity index (χ2v) is 7.19. The first-order chi connectivity index (χ1) is 15.4. The number of aromatic amines is 1. The van der Waals surface area contributed by atoms with Crippen LogP contribution in [0.1, 0.15) is 44.5 Å². The van der Waals surface area contributed by atoms with E-state index in [-0.39, 0.29) is 23.3 Å². The van der Waals surface area contributed by atoms with Gasteiger partial charge in [0, 0.05) is 24.7 Å². The van der Waals surface area contributed by atoms with Crippen molar-refractivity contribution in [3.05, 3.63) is 68.1 Å². The number of imidazole rings is 1. The molecule has 0 saturated heterocycles. The quantitative estimate of drug-likeness (QED) is 0.402. The van der Waals surface area contributed by atoms with Crippen LogP contribution >= 0.6 is 0 Å². The van der Waals surface area contributed by atoms with Gasteiger partial charge in [0.05, 0.1) is 0 Å². The maximum atomic E-state index is 13.7. The second kappa shape index (κ2) is 10.2. The molecule has 3 aromatic rings. The van der Waals surface area contributed by atoms with Crippen LogP contribution in [-0.2, 0) is 29.2 Å². The fourth-order valence-electron chi connectivity index (χ4n) is 3.32. The average Bonchev–Trinajstić information content (AvgIpc) is 3.10. The molecule has 2 aromatic heterocycles. The number of hydrogen-bond donors (Lipinski definition) is 1. The number of H-pyrrole nitrogens is 1. The molecule has 0 unspecified atom stereocenters. The van der Waals surface area contributed by atoms with Gasteiger partial charge in [-0.3, -0.25) is 14.3 Å². The Bertz CT molecular complexity index is 1250. The predicted molar refractivity (Wildman–Crippen MR) is 115 cm³/mol. The zero-order chi connectivity index (χ0) is 23.3. The first kappa shape index (κ1) is 23.1. The standard InChI is InChI=1S/C22H24F2N4O4/c1-3-5-12-28-20-19(21(30)26-22(28)31)27(11-4-2)17(25-20)13-32-18(29)10-9-14-15(23)7-6-8-16(14)24/h6-10H,3-5,11-13H2,1-2H3,(H,26,30,31). The molecule has 0 atom stereocenters. The lowest BCUT2D eigenvalue weighted by atomic mass is 10.2. The van der Waals surface area contributed by atoms with Gasteiger partial charge in [0.1, 0.15) is 24.1 Å². The molecule has 10 heteroatoms. The lowest BCUT2D eigenvalue weighted by molar-refractivity contribution is -0.139. The number of hydrogen-bond acceptors (Lipinski definition) is 5. The SMILES string of the molecule is CCCCn1c(=O)[nH]c(=O)c2c1nc(COC(=O)C=Cc1c(F)cccc1F)n2CCC. The number of ether oxygens (including phenoxy) is 1. The maximum Gasteiger partial charge on any atom is 0.331 e. The molecular weight excluding hydrogens is 422 g/mol. The third-order valence-electron chi connectivity index (χ3n) is 4.88. The number of unbranched alkanes of at least 4 members (excludes halogenated alkanes) is 1. The zero-order valence-electron chi connectivity index (χ0n) is 17.9. The summed E-state index contributed by atoms with van der Waals surface area (Å²) in [5.41, 5.74) is -0.996. The van der Waals surface area contributed by atoms with Crippen LogP contribution in [0.3, 0.4) is 0 Å². The number of nitrogens with one attached hydrogen (secondary N) is 1. The van der Waals surface area contributed by atoms with Crippen molar-refractivity contribution >= 4 is 23.2 Å². The Kier molecular flexibility index (Phi) is 7.34. The number of halogens is 2. The molecule has 0 aliphatic heterocycles. The first-order valence-electron chi connectivity index (χ1n) is 10.4. The van der Waals surface area contributed by atoms with Crippen LogP contribution in [0.15, 0.2) is 33.9 Å². The van der Waals surface area contributed by atoms with Gasteiger partial charge in [-0.1, -0.05) is 26.3 Å². The molecule has 1 N–H and O–H groups in total. The third kappa shape index (κ3) is 4.84. The minimum absolute atomic E-state index is 0.232. The number of carbonyl (C=O) groups excluding carboxylic acids is 1. The van der Waals surface area contributed by atoms with Crippen molar-refractivity contribution in [1.29, 1.82) is 0 Å². The van der Waals surface area contributed by atoms with E-state index in [1.807, 2.05) is 13.8 Å². The molecule has 8 nitrogen and oxygen atoms in total. The Morgan fingerprint density at radius 1 is 1.12 bits per heavy atom. The summed E-state index contributed by atoms with van der Waals surface area (Å²) in [5.74, 6) is -2.15. The van der Waals surface area contributed by atoms with Crippen LogP contribution < -0.4 is 11.2 Å². The number of esters is 1. The van der Waals surface area contributed by atoms with E-state index in [0.29, 0.717) is 25.3 Å². The average molecular weight is 446 g/mol. The highest BCUT2D eigenvalue weighted by Crippen LogP contribution is 2.16. The third-order valence-corrected chi connectivity index (χ3v) is 4.88. The fourth-order valence-corrected chi connectivity index (χ4v) is 3.32. The Labute approximate surface area is 182 Å². The van der Waals surface area contributed by atoms with Crippen molar-refractivity contribution in [3.63, 3.8) is 0 Å². The number of fused-ring (bicyclic) bond motifs is 1. The molecule has 1 aromatic carbocycles. The van der Waals surface area contributed by atoms with Gasteiger partial charge in [-0.25, -0.2) is 23.4 Å². The highest BCUT2D eigenvalue weighted by atomic mass is 19.1. The van der Waals surface area contributed by atoms with Gasteiger partial charge in [0.2, 0.25) is 0 Å². The summed E-state index contributed by atoms with van der Waals surface area (Å²) in [6.45, 7) is 4.43. The van der Waals surface area contributed by atoms with Gasteiger partial charge in [0.25, 0.3) is 5.56 Å². The van der Waals surface area contributed by atoms with E-state index in [0.717, 1.165) is 37.1 Å². The molecule has 0 radical (unpaired) electrons. The van der Waals surface area contributed by atoms with E-state index in [4.69, 9.17) is 4.74 Å². The number of benzene rings is 1. The van der Waals surface area contributed by atoms with Crippen molar-refractivity contribution in [2.24, 2.45) is 0 Å². The Hall–Kier alpha value is -3.56. The molecule has 0 aliphatic carbocycles. The summed E-state index contributed by atoms with van der Waals surface area (Å²) in [6.07, 6.45) is 4.16. The summed E-state index contributed by atoms with van der Waals surface area (Å²) in [5, 5.41) is 0. The maximum absolute atomic E-state index is 13.7. The van der Waals surface area contributed by atoms with Gasteiger partial charge in [-0.2, -0.15) is 0 Å². The van der Waals surface area contributed by atoms with E-state index in [9.17, 15) is 23.2 Å². The van der Waals surface area contributed by atoms with E-state index in [2.05, 4.69) is 9.97 Å². The number of aryl methyl sites for hydroxylation is 2. The van der Waals surface area contributed by atoms with Crippen molar-refractivity contribution in [3.8, 4) is 0 Å². The molecule has 0 amide bonds. The summed E-state index contributed by atoms with van der Waals surface area (Å²) in [6, 6.07) is 3.38. The van der Waals surface area contributed by atoms with Crippen molar-refractivity contribution < 1.29 is 18.3 Å².